The van der Waals surface area contributed by atoms with E-state index < -0.39 is 5.76 Å². The molecule has 9 heteroatoms. The Morgan fingerprint density at radius 3 is 3.00 bits per heavy atom. The van der Waals surface area contributed by atoms with E-state index in [1.54, 1.807) is 18.7 Å². The standard InChI is InChI=1S/C10H12N6O3/c1-11-8-7(16(3)5-12-8)9(17)15(2)4-6-13-14-10(18)19-6/h5H,1,4H2,2-3H3,(H,14,18). The molecule has 2 aromatic heterocycles. The minimum atomic E-state index is -0.662. The molecule has 1 N–H and O–H groups in total. The van der Waals surface area contributed by atoms with Crippen LogP contribution in [0.5, 0.6) is 0 Å². The molecule has 0 spiro atoms. The monoisotopic (exact) mass is 264 g/mol. The third-order valence-electron chi connectivity index (χ3n) is 2.47. The number of amides is 1. The van der Waals surface area contributed by atoms with Crippen molar-refractivity contribution in [2.24, 2.45) is 12.0 Å². The number of hydrogen-bond acceptors (Lipinski definition) is 6. The summed E-state index contributed by atoms with van der Waals surface area (Å²) in [5, 5.41) is 5.75. The first-order valence-corrected chi connectivity index (χ1v) is 5.30. The summed E-state index contributed by atoms with van der Waals surface area (Å²) in [7, 11) is 3.23. The fourth-order valence-corrected chi connectivity index (χ4v) is 1.56. The second kappa shape index (κ2) is 4.88. The van der Waals surface area contributed by atoms with Crippen LogP contribution >= 0.6 is 0 Å². The van der Waals surface area contributed by atoms with Crippen LogP contribution in [0.1, 0.15) is 16.4 Å². The number of carbonyl (C=O) groups excluding carboxylic acids is 1. The molecule has 0 saturated heterocycles. The van der Waals surface area contributed by atoms with E-state index in [0.29, 0.717) is 5.69 Å². The van der Waals surface area contributed by atoms with Gasteiger partial charge >= 0.3 is 5.76 Å². The summed E-state index contributed by atoms with van der Waals surface area (Å²) >= 11 is 0. The van der Waals surface area contributed by atoms with Gasteiger partial charge in [0.2, 0.25) is 5.89 Å². The first kappa shape index (κ1) is 12.7. The number of H-pyrrole nitrogens is 1. The first-order chi connectivity index (χ1) is 9.02. The molecule has 2 heterocycles. The van der Waals surface area contributed by atoms with Crippen molar-refractivity contribution in [3.8, 4) is 0 Å². The zero-order chi connectivity index (χ0) is 14.0. The van der Waals surface area contributed by atoms with E-state index in [2.05, 4.69) is 26.9 Å². The van der Waals surface area contributed by atoms with Gasteiger partial charge in [-0.05, 0) is 6.72 Å². The van der Waals surface area contributed by atoms with Crippen LogP contribution in [-0.4, -0.2) is 44.3 Å². The van der Waals surface area contributed by atoms with Gasteiger partial charge in [0.25, 0.3) is 5.91 Å². The van der Waals surface area contributed by atoms with Crippen molar-refractivity contribution in [1.29, 1.82) is 0 Å². The van der Waals surface area contributed by atoms with Crippen LogP contribution in [0.2, 0.25) is 0 Å². The smallest absolute Gasteiger partial charge is 0.391 e. The Kier molecular flexibility index (Phi) is 3.27. The van der Waals surface area contributed by atoms with Gasteiger partial charge in [-0.15, -0.1) is 5.10 Å². The summed E-state index contributed by atoms with van der Waals surface area (Å²) < 4.78 is 6.28. The highest BCUT2D eigenvalue weighted by Crippen LogP contribution is 2.17. The average molecular weight is 264 g/mol. The molecule has 2 rings (SSSR count). The number of nitrogens with zero attached hydrogens (tertiary/aromatic N) is 5. The Balaban J connectivity index is 2.21. The predicted octanol–water partition coefficient (Wildman–Crippen LogP) is -0.299. The van der Waals surface area contributed by atoms with E-state index >= 15 is 0 Å². The van der Waals surface area contributed by atoms with Crippen LogP contribution in [0.4, 0.5) is 5.82 Å². The van der Waals surface area contributed by atoms with Gasteiger partial charge in [0, 0.05) is 14.1 Å². The maximum atomic E-state index is 12.2. The zero-order valence-corrected chi connectivity index (χ0v) is 10.5. The maximum absolute atomic E-state index is 12.2. The molecule has 2 aromatic rings. The quantitative estimate of drug-likeness (QED) is 0.762. The molecule has 0 aliphatic rings. The van der Waals surface area contributed by atoms with Gasteiger partial charge in [0.15, 0.2) is 11.5 Å². The molecule has 0 radical (unpaired) electrons. The SMILES string of the molecule is C=Nc1ncn(C)c1C(=O)N(C)Cc1n[nH]c(=O)o1. The van der Waals surface area contributed by atoms with E-state index in [0.717, 1.165) is 0 Å². The van der Waals surface area contributed by atoms with E-state index in [1.165, 1.54) is 11.2 Å². The number of hydrogen-bond donors (Lipinski definition) is 1. The molecular formula is C10H12N6O3. The number of aryl methyl sites for hydroxylation is 1. The first-order valence-electron chi connectivity index (χ1n) is 5.30. The van der Waals surface area contributed by atoms with Crippen LogP contribution in [0.3, 0.4) is 0 Å². The summed E-state index contributed by atoms with van der Waals surface area (Å²) in [5.41, 5.74) is 0.301. The van der Waals surface area contributed by atoms with E-state index in [1.807, 2.05) is 0 Å². The topological polar surface area (TPSA) is 109 Å². The molecule has 0 unspecified atom stereocenters. The fraction of sp³-hybridized carbons (Fsp3) is 0.300. The zero-order valence-electron chi connectivity index (χ0n) is 10.5. The van der Waals surface area contributed by atoms with Crippen molar-refractivity contribution < 1.29 is 9.21 Å². The largest absolute Gasteiger partial charge is 0.434 e. The normalized spacial score (nSPS) is 10.4. The molecule has 0 fully saturated rings. The van der Waals surface area contributed by atoms with Crippen LogP contribution in [0, 0.1) is 0 Å². The van der Waals surface area contributed by atoms with Crippen LogP contribution < -0.4 is 5.76 Å². The van der Waals surface area contributed by atoms with E-state index in [-0.39, 0.29) is 24.2 Å². The number of imidazole rings is 1. The molecule has 0 bridgehead atoms. The van der Waals surface area contributed by atoms with Crippen LogP contribution in [0.15, 0.2) is 20.5 Å². The lowest BCUT2D eigenvalue weighted by atomic mass is 10.3. The minimum Gasteiger partial charge on any atom is -0.391 e. The van der Waals surface area contributed by atoms with Crippen LogP contribution in [0.25, 0.3) is 0 Å². The Labute approximate surface area is 107 Å². The molecular weight excluding hydrogens is 252 g/mol. The Morgan fingerprint density at radius 2 is 2.42 bits per heavy atom. The van der Waals surface area contributed by atoms with E-state index in [4.69, 9.17) is 4.42 Å². The fourth-order valence-electron chi connectivity index (χ4n) is 1.56. The van der Waals surface area contributed by atoms with Crippen molar-refractivity contribution in [2.75, 3.05) is 7.05 Å². The molecule has 0 aliphatic carbocycles. The van der Waals surface area contributed by atoms with Crippen molar-refractivity contribution in [2.45, 2.75) is 6.54 Å². The summed E-state index contributed by atoms with van der Waals surface area (Å²) in [6.45, 7) is 3.42. The lowest BCUT2D eigenvalue weighted by Crippen LogP contribution is -2.28. The van der Waals surface area contributed by atoms with Crippen molar-refractivity contribution >= 4 is 18.4 Å². The third-order valence-corrected chi connectivity index (χ3v) is 2.47. The number of aromatic amines is 1. The molecule has 100 valence electrons. The van der Waals surface area contributed by atoms with E-state index in [9.17, 15) is 9.59 Å². The van der Waals surface area contributed by atoms with Gasteiger partial charge < -0.3 is 13.9 Å². The number of rotatable bonds is 4. The number of nitrogens with one attached hydrogen (secondary N) is 1. The molecule has 1 amide bonds. The molecule has 9 nitrogen and oxygen atoms in total. The van der Waals surface area contributed by atoms with Crippen molar-refractivity contribution in [3.63, 3.8) is 0 Å². The molecule has 0 atom stereocenters. The minimum absolute atomic E-state index is 0.0549. The lowest BCUT2D eigenvalue weighted by molar-refractivity contribution is 0.0763. The highest BCUT2D eigenvalue weighted by Gasteiger charge is 2.21. The second-order valence-electron chi connectivity index (χ2n) is 3.85. The van der Waals surface area contributed by atoms with Gasteiger partial charge in [-0.3, -0.25) is 4.79 Å². The summed E-state index contributed by atoms with van der Waals surface area (Å²) in [5.74, 6) is -0.614. The summed E-state index contributed by atoms with van der Waals surface area (Å²) in [4.78, 5) is 32.0. The summed E-state index contributed by atoms with van der Waals surface area (Å²) in [6, 6.07) is 0. The van der Waals surface area contributed by atoms with Gasteiger partial charge in [-0.1, -0.05) is 0 Å². The van der Waals surface area contributed by atoms with Crippen molar-refractivity contribution in [3.05, 3.63) is 28.5 Å². The van der Waals surface area contributed by atoms with Gasteiger partial charge in [0.1, 0.15) is 0 Å². The number of aliphatic imine (C=N–C) groups is 1. The number of carbonyl (C=O) groups is 1. The molecule has 19 heavy (non-hydrogen) atoms. The maximum Gasteiger partial charge on any atom is 0.434 e. The Bertz CT molecular complexity index is 667. The Morgan fingerprint density at radius 1 is 1.68 bits per heavy atom. The Hall–Kier alpha value is -2.71. The lowest BCUT2D eigenvalue weighted by Gasteiger charge is -2.15. The number of aromatic nitrogens is 4. The second-order valence-corrected chi connectivity index (χ2v) is 3.85. The van der Waals surface area contributed by atoms with Gasteiger partial charge in [-0.25, -0.2) is 19.9 Å². The highest BCUT2D eigenvalue weighted by molar-refractivity contribution is 5.96. The van der Waals surface area contributed by atoms with Crippen LogP contribution in [-0.2, 0) is 13.6 Å². The summed E-state index contributed by atoms with van der Waals surface area (Å²) in [6.07, 6.45) is 1.47. The average Bonchev–Trinajstić information content (AvgIpc) is 2.94. The highest BCUT2D eigenvalue weighted by atomic mass is 16.4. The third kappa shape index (κ3) is 2.44. The van der Waals surface area contributed by atoms with Gasteiger partial charge in [-0.2, -0.15) is 0 Å². The predicted molar refractivity (Wildman–Crippen MR) is 65.3 cm³/mol. The molecule has 0 aliphatic heterocycles. The van der Waals surface area contributed by atoms with Crippen molar-refractivity contribution in [1.82, 2.24) is 24.6 Å². The molecule has 0 saturated carbocycles. The van der Waals surface area contributed by atoms with Gasteiger partial charge in [0.05, 0.1) is 12.9 Å². The molecule has 0 aromatic carbocycles.